The molecule has 3 aliphatic rings. The number of amides is 1. The van der Waals surface area contributed by atoms with Gasteiger partial charge in [0.1, 0.15) is 0 Å². The number of fused-ring (bicyclic) bond motifs is 2. The number of nitrogens with one attached hydrogen (secondary N) is 1. The van der Waals surface area contributed by atoms with Crippen LogP contribution in [0.25, 0.3) is 0 Å². The summed E-state index contributed by atoms with van der Waals surface area (Å²) in [7, 11) is 2.02. The number of nitrogens with zero attached hydrogens (tertiary/aromatic N) is 1. The predicted octanol–water partition coefficient (Wildman–Crippen LogP) is 3.72. The molecule has 2 heterocycles. The van der Waals surface area contributed by atoms with Crippen LogP contribution in [0.4, 0.5) is 0 Å². The highest BCUT2D eigenvalue weighted by molar-refractivity contribution is 9.10. The van der Waals surface area contributed by atoms with E-state index in [1.165, 1.54) is 18.4 Å². The summed E-state index contributed by atoms with van der Waals surface area (Å²) in [6.07, 6.45) is 5.85. The Morgan fingerprint density at radius 2 is 1.91 bits per heavy atom. The van der Waals surface area contributed by atoms with Gasteiger partial charge in [0.2, 0.25) is 5.91 Å². The SMILES string of the molecule is CN(C(=O)C1CC1c1cccc(Br)c1)C1CC2CCC(C1)N2.Cl. The fourth-order valence-electron chi connectivity index (χ4n) is 4.36. The number of hydrogen-bond acceptors (Lipinski definition) is 2. The summed E-state index contributed by atoms with van der Waals surface area (Å²) >= 11 is 3.52. The Kier molecular flexibility index (Phi) is 5.05. The number of benzene rings is 1. The highest BCUT2D eigenvalue weighted by Gasteiger charge is 2.47. The molecule has 3 fully saturated rings. The van der Waals surface area contributed by atoms with Crippen LogP contribution in [-0.4, -0.2) is 36.0 Å². The van der Waals surface area contributed by atoms with Gasteiger partial charge in [-0.1, -0.05) is 28.1 Å². The highest BCUT2D eigenvalue weighted by atomic mass is 79.9. The molecule has 0 aromatic heterocycles. The Bertz CT molecular complexity index is 584. The van der Waals surface area contributed by atoms with Crippen LogP contribution in [-0.2, 0) is 4.79 Å². The van der Waals surface area contributed by atoms with E-state index in [1.54, 1.807) is 0 Å². The summed E-state index contributed by atoms with van der Waals surface area (Å²) in [4.78, 5) is 14.9. The van der Waals surface area contributed by atoms with Crippen LogP contribution in [0.3, 0.4) is 0 Å². The van der Waals surface area contributed by atoms with Gasteiger partial charge in [-0.3, -0.25) is 4.79 Å². The third-order valence-electron chi connectivity index (χ3n) is 5.73. The lowest BCUT2D eigenvalue weighted by molar-refractivity contribution is -0.134. The van der Waals surface area contributed by atoms with Gasteiger partial charge in [0.25, 0.3) is 0 Å². The number of halogens is 2. The minimum Gasteiger partial charge on any atom is -0.342 e. The number of carbonyl (C=O) groups is 1. The van der Waals surface area contributed by atoms with Gasteiger partial charge in [-0.15, -0.1) is 12.4 Å². The number of hydrogen-bond donors (Lipinski definition) is 1. The maximum Gasteiger partial charge on any atom is 0.226 e. The maximum atomic E-state index is 12.8. The Labute approximate surface area is 152 Å². The molecular weight excluding hydrogens is 376 g/mol. The van der Waals surface area contributed by atoms with Crippen molar-refractivity contribution < 1.29 is 4.79 Å². The fourth-order valence-corrected chi connectivity index (χ4v) is 4.78. The number of piperidine rings is 1. The lowest BCUT2D eigenvalue weighted by atomic mass is 9.98. The summed E-state index contributed by atoms with van der Waals surface area (Å²) in [6, 6.07) is 10.1. The van der Waals surface area contributed by atoms with Crippen molar-refractivity contribution >= 4 is 34.2 Å². The zero-order chi connectivity index (χ0) is 15.3. The zero-order valence-corrected chi connectivity index (χ0v) is 15.8. The number of carbonyl (C=O) groups excluding carboxylic acids is 1. The van der Waals surface area contributed by atoms with Gasteiger partial charge < -0.3 is 10.2 Å². The zero-order valence-electron chi connectivity index (χ0n) is 13.4. The highest BCUT2D eigenvalue weighted by Crippen LogP contribution is 2.49. The molecule has 4 unspecified atom stereocenters. The predicted molar refractivity (Wildman–Crippen MR) is 98.0 cm³/mol. The Hall–Kier alpha value is -0.580. The monoisotopic (exact) mass is 398 g/mol. The average molecular weight is 400 g/mol. The molecule has 1 amide bonds. The van der Waals surface area contributed by atoms with Gasteiger partial charge in [-0.25, -0.2) is 0 Å². The van der Waals surface area contributed by atoms with E-state index in [4.69, 9.17) is 0 Å². The molecule has 3 nitrogen and oxygen atoms in total. The van der Waals surface area contributed by atoms with Crippen LogP contribution in [0.1, 0.15) is 43.6 Å². The summed E-state index contributed by atoms with van der Waals surface area (Å²) in [5.41, 5.74) is 1.30. The third kappa shape index (κ3) is 3.45. The van der Waals surface area contributed by atoms with Crippen molar-refractivity contribution in [3.63, 3.8) is 0 Å². The maximum absolute atomic E-state index is 12.8. The van der Waals surface area contributed by atoms with E-state index in [0.717, 1.165) is 23.7 Å². The first kappa shape index (κ1) is 17.2. The molecule has 0 spiro atoms. The molecule has 2 bridgehead atoms. The van der Waals surface area contributed by atoms with Crippen LogP contribution >= 0.6 is 28.3 Å². The molecule has 4 rings (SSSR count). The minimum absolute atomic E-state index is 0. The lowest BCUT2D eigenvalue weighted by Gasteiger charge is -2.35. The number of rotatable bonds is 3. The van der Waals surface area contributed by atoms with E-state index in [-0.39, 0.29) is 18.3 Å². The third-order valence-corrected chi connectivity index (χ3v) is 6.22. The van der Waals surface area contributed by atoms with Crippen LogP contribution in [0, 0.1) is 5.92 Å². The summed E-state index contributed by atoms with van der Waals surface area (Å²) in [5.74, 6) is 0.981. The summed E-state index contributed by atoms with van der Waals surface area (Å²) < 4.78 is 1.10. The van der Waals surface area contributed by atoms with Crippen molar-refractivity contribution in [2.45, 2.75) is 56.1 Å². The van der Waals surface area contributed by atoms with Gasteiger partial charge in [0.05, 0.1) is 0 Å². The molecule has 1 aromatic carbocycles. The van der Waals surface area contributed by atoms with Gasteiger partial charge in [-0.2, -0.15) is 0 Å². The summed E-state index contributed by atoms with van der Waals surface area (Å²) in [6.45, 7) is 0. The van der Waals surface area contributed by atoms with E-state index in [1.807, 2.05) is 13.1 Å². The first-order chi connectivity index (χ1) is 10.6. The molecule has 1 N–H and O–H groups in total. The second kappa shape index (κ2) is 6.73. The molecule has 23 heavy (non-hydrogen) atoms. The van der Waals surface area contributed by atoms with Crippen LogP contribution in [0.15, 0.2) is 28.7 Å². The summed E-state index contributed by atoms with van der Waals surface area (Å²) in [5, 5.41) is 3.66. The Balaban J connectivity index is 0.00000156. The molecule has 4 atom stereocenters. The second-order valence-electron chi connectivity index (χ2n) is 7.22. The van der Waals surface area contributed by atoms with E-state index in [2.05, 4.69) is 44.3 Å². The first-order valence-electron chi connectivity index (χ1n) is 8.40. The van der Waals surface area contributed by atoms with Gasteiger partial charge in [-0.05, 0) is 55.7 Å². The van der Waals surface area contributed by atoms with Gasteiger partial charge >= 0.3 is 0 Å². The smallest absolute Gasteiger partial charge is 0.226 e. The van der Waals surface area contributed by atoms with Crippen molar-refractivity contribution in [3.8, 4) is 0 Å². The molecule has 126 valence electrons. The molecule has 1 aromatic rings. The molecule has 0 radical (unpaired) electrons. The van der Waals surface area contributed by atoms with Crippen LogP contribution < -0.4 is 5.32 Å². The molecular formula is C18H24BrClN2O. The van der Waals surface area contributed by atoms with Crippen molar-refractivity contribution in [2.24, 2.45) is 5.92 Å². The minimum atomic E-state index is 0. The molecule has 5 heteroatoms. The van der Waals surface area contributed by atoms with Crippen molar-refractivity contribution in [1.82, 2.24) is 10.2 Å². The van der Waals surface area contributed by atoms with E-state index in [9.17, 15) is 4.79 Å². The quantitative estimate of drug-likeness (QED) is 0.840. The van der Waals surface area contributed by atoms with Crippen molar-refractivity contribution in [3.05, 3.63) is 34.3 Å². The van der Waals surface area contributed by atoms with Gasteiger partial charge in [0.15, 0.2) is 0 Å². The normalized spacial score (nSPS) is 34.6. The van der Waals surface area contributed by atoms with Crippen molar-refractivity contribution in [1.29, 1.82) is 0 Å². The lowest BCUT2D eigenvalue weighted by Crippen LogP contribution is -2.49. The average Bonchev–Trinajstić information content (AvgIpc) is 3.25. The van der Waals surface area contributed by atoms with Crippen LogP contribution in [0.2, 0.25) is 0 Å². The van der Waals surface area contributed by atoms with Crippen LogP contribution in [0.5, 0.6) is 0 Å². The Morgan fingerprint density at radius 3 is 2.57 bits per heavy atom. The molecule has 1 saturated carbocycles. The van der Waals surface area contributed by atoms with Gasteiger partial charge in [0, 0.05) is 35.6 Å². The van der Waals surface area contributed by atoms with Crippen molar-refractivity contribution in [2.75, 3.05) is 7.05 Å². The Morgan fingerprint density at radius 1 is 1.22 bits per heavy atom. The largest absolute Gasteiger partial charge is 0.342 e. The fraction of sp³-hybridized carbons (Fsp3) is 0.611. The topological polar surface area (TPSA) is 32.3 Å². The molecule has 2 saturated heterocycles. The molecule has 2 aliphatic heterocycles. The van der Waals surface area contributed by atoms with E-state index in [0.29, 0.717) is 30.0 Å². The molecule has 1 aliphatic carbocycles. The van der Waals surface area contributed by atoms with E-state index >= 15 is 0 Å². The standard InChI is InChI=1S/C18H23BrN2O.ClH/c1-21(15-8-13-5-6-14(9-15)20-13)18(22)17-10-16(17)11-3-2-4-12(19)7-11;/h2-4,7,13-17,20H,5-6,8-10H2,1H3;1H. The van der Waals surface area contributed by atoms with E-state index < -0.39 is 0 Å². The first-order valence-corrected chi connectivity index (χ1v) is 9.19. The second-order valence-corrected chi connectivity index (χ2v) is 8.13.